The molecule has 1 heterocycles. The van der Waals surface area contributed by atoms with E-state index >= 15 is 0 Å². The topological polar surface area (TPSA) is 52.6 Å². The average Bonchev–Trinajstić information content (AvgIpc) is 2.74. The van der Waals surface area contributed by atoms with Crippen molar-refractivity contribution in [3.63, 3.8) is 0 Å². The van der Waals surface area contributed by atoms with Crippen molar-refractivity contribution in [3.8, 4) is 0 Å². The smallest absolute Gasteiger partial charge is 0.234 e. The fraction of sp³-hybridized carbons (Fsp3) is 0.500. The molecular weight excluding hydrogens is 264 g/mol. The number of hydrogen-bond donors (Lipinski definition) is 2. The Morgan fingerprint density at radius 3 is 2.95 bits per heavy atom. The zero-order chi connectivity index (χ0) is 13.8. The molecule has 0 radical (unpaired) electrons. The van der Waals surface area contributed by atoms with E-state index in [4.69, 9.17) is 11.6 Å². The summed E-state index contributed by atoms with van der Waals surface area (Å²) in [5, 5.41) is 13.0. The minimum absolute atomic E-state index is 0.0403. The predicted octanol–water partition coefficient (Wildman–Crippen LogP) is 1.58. The first-order chi connectivity index (χ1) is 9.06. The second-order valence-electron chi connectivity index (χ2n) is 4.99. The van der Waals surface area contributed by atoms with E-state index in [0.29, 0.717) is 18.1 Å². The zero-order valence-corrected chi connectivity index (χ0v) is 11.7. The summed E-state index contributed by atoms with van der Waals surface area (Å²) < 4.78 is 0. The van der Waals surface area contributed by atoms with Gasteiger partial charge in [-0.3, -0.25) is 9.69 Å². The average molecular weight is 283 g/mol. The first-order valence-electron chi connectivity index (χ1n) is 6.50. The third-order valence-corrected chi connectivity index (χ3v) is 3.71. The van der Waals surface area contributed by atoms with Crippen molar-refractivity contribution in [1.29, 1.82) is 0 Å². The lowest BCUT2D eigenvalue weighted by atomic mass is 10.1. The highest BCUT2D eigenvalue weighted by Crippen LogP contribution is 2.22. The second-order valence-corrected chi connectivity index (χ2v) is 5.40. The highest BCUT2D eigenvalue weighted by Gasteiger charge is 2.22. The van der Waals surface area contributed by atoms with Crippen LogP contribution in [0.4, 0.5) is 0 Å². The molecule has 1 saturated heterocycles. The summed E-state index contributed by atoms with van der Waals surface area (Å²) in [6.07, 6.45) is 0.446. The normalized spacial score (nSPS) is 21.3. The number of halogens is 1. The molecule has 1 amide bonds. The Morgan fingerprint density at radius 2 is 2.32 bits per heavy atom. The first-order valence-corrected chi connectivity index (χ1v) is 6.88. The molecule has 2 atom stereocenters. The monoisotopic (exact) mass is 282 g/mol. The highest BCUT2D eigenvalue weighted by atomic mass is 35.5. The molecule has 0 saturated carbocycles. The maximum absolute atomic E-state index is 11.9. The van der Waals surface area contributed by atoms with Crippen molar-refractivity contribution >= 4 is 17.5 Å². The molecule has 1 aliphatic heterocycles. The fourth-order valence-corrected chi connectivity index (χ4v) is 2.65. The predicted molar refractivity (Wildman–Crippen MR) is 75.1 cm³/mol. The standard InChI is InChI=1S/C14H19ClN2O2/c1-10(12-4-2-3-5-13(12)15)16-14(19)9-17-7-6-11(18)8-17/h2-5,10-11,18H,6-9H2,1H3,(H,16,19)/t10?,11-/m0/s1. The van der Waals surface area contributed by atoms with Gasteiger partial charge in [-0.1, -0.05) is 29.8 Å². The van der Waals surface area contributed by atoms with E-state index in [9.17, 15) is 9.90 Å². The molecule has 1 fully saturated rings. The van der Waals surface area contributed by atoms with Gasteiger partial charge in [0.05, 0.1) is 18.7 Å². The summed E-state index contributed by atoms with van der Waals surface area (Å²) in [6, 6.07) is 7.38. The third-order valence-electron chi connectivity index (χ3n) is 3.36. The SMILES string of the molecule is CC(NC(=O)CN1CC[C@H](O)C1)c1ccccc1Cl. The molecule has 1 aliphatic rings. The summed E-state index contributed by atoms with van der Waals surface area (Å²) in [6.45, 7) is 3.59. The minimum Gasteiger partial charge on any atom is -0.392 e. The lowest BCUT2D eigenvalue weighted by Crippen LogP contribution is -2.37. The Balaban J connectivity index is 1.87. The number of nitrogens with zero attached hydrogens (tertiary/aromatic N) is 1. The van der Waals surface area contributed by atoms with Crippen LogP contribution in [-0.4, -0.2) is 41.7 Å². The number of aliphatic hydroxyl groups is 1. The lowest BCUT2D eigenvalue weighted by Gasteiger charge is -2.19. The van der Waals surface area contributed by atoms with Crippen LogP contribution < -0.4 is 5.32 Å². The van der Waals surface area contributed by atoms with Crippen molar-refractivity contribution in [2.75, 3.05) is 19.6 Å². The van der Waals surface area contributed by atoms with E-state index < -0.39 is 0 Å². The van der Waals surface area contributed by atoms with Crippen molar-refractivity contribution in [2.24, 2.45) is 0 Å². The molecule has 0 aliphatic carbocycles. The molecule has 0 spiro atoms. The zero-order valence-electron chi connectivity index (χ0n) is 11.0. The van der Waals surface area contributed by atoms with Crippen molar-refractivity contribution in [3.05, 3.63) is 34.9 Å². The Bertz CT molecular complexity index is 453. The molecule has 2 rings (SSSR count). The molecule has 4 nitrogen and oxygen atoms in total. The number of nitrogens with one attached hydrogen (secondary N) is 1. The quantitative estimate of drug-likeness (QED) is 0.882. The van der Waals surface area contributed by atoms with Gasteiger partial charge in [-0.2, -0.15) is 0 Å². The van der Waals surface area contributed by atoms with Crippen LogP contribution in [0.3, 0.4) is 0 Å². The number of amides is 1. The van der Waals surface area contributed by atoms with Gasteiger partial charge in [0.1, 0.15) is 0 Å². The molecule has 5 heteroatoms. The highest BCUT2D eigenvalue weighted by molar-refractivity contribution is 6.31. The number of rotatable bonds is 4. The van der Waals surface area contributed by atoms with Crippen molar-refractivity contribution < 1.29 is 9.90 Å². The largest absolute Gasteiger partial charge is 0.392 e. The molecule has 0 bridgehead atoms. The molecule has 2 N–H and O–H groups in total. The Morgan fingerprint density at radius 1 is 1.58 bits per heavy atom. The number of benzene rings is 1. The molecule has 19 heavy (non-hydrogen) atoms. The number of likely N-dealkylation sites (tertiary alicyclic amines) is 1. The molecule has 104 valence electrons. The van der Waals surface area contributed by atoms with Gasteiger partial charge in [0.2, 0.25) is 5.91 Å². The van der Waals surface area contributed by atoms with Crippen LogP contribution in [0.5, 0.6) is 0 Å². The summed E-state index contributed by atoms with van der Waals surface area (Å²) >= 11 is 6.10. The number of carbonyl (C=O) groups excluding carboxylic acids is 1. The molecule has 1 aromatic carbocycles. The van der Waals surface area contributed by atoms with Crippen LogP contribution in [0.2, 0.25) is 5.02 Å². The van der Waals surface area contributed by atoms with Crippen LogP contribution in [0, 0.1) is 0 Å². The lowest BCUT2D eigenvalue weighted by molar-refractivity contribution is -0.122. The van der Waals surface area contributed by atoms with Crippen LogP contribution in [0.15, 0.2) is 24.3 Å². The van der Waals surface area contributed by atoms with E-state index in [-0.39, 0.29) is 18.1 Å². The maximum atomic E-state index is 11.9. The Labute approximate surface area is 118 Å². The van der Waals surface area contributed by atoms with E-state index in [1.54, 1.807) is 0 Å². The number of carbonyl (C=O) groups is 1. The Hall–Kier alpha value is -1.10. The van der Waals surface area contributed by atoms with Gasteiger partial charge >= 0.3 is 0 Å². The van der Waals surface area contributed by atoms with E-state index in [0.717, 1.165) is 18.5 Å². The molecule has 1 aromatic rings. The van der Waals surface area contributed by atoms with Crippen LogP contribution >= 0.6 is 11.6 Å². The third kappa shape index (κ3) is 3.93. The first kappa shape index (κ1) is 14.3. The van der Waals surface area contributed by atoms with Crippen molar-refractivity contribution in [1.82, 2.24) is 10.2 Å². The summed E-state index contributed by atoms with van der Waals surface area (Å²) in [7, 11) is 0. The van der Waals surface area contributed by atoms with Crippen molar-refractivity contribution in [2.45, 2.75) is 25.5 Å². The van der Waals surface area contributed by atoms with Gasteiger partial charge in [0, 0.05) is 18.1 Å². The van der Waals surface area contributed by atoms with Gasteiger partial charge < -0.3 is 10.4 Å². The second kappa shape index (κ2) is 6.37. The number of β-amino-alcohol motifs (C(OH)–C–C–N with tert-alkyl or cyclic N) is 1. The van der Waals surface area contributed by atoms with Gasteiger partial charge in [-0.15, -0.1) is 0 Å². The molecular formula is C14H19ClN2O2. The molecule has 1 unspecified atom stereocenters. The van der Waals surface area contributed by atoms with E-state index in [1.165, 1.54) is 0 Å². The van der Waals surface area contributed by atoms with Gasteiger partial charge in [0.25, 0.3) is 0 Å². The minimum atomic E-state index is -0.297. The van der Waals surface area contributed by atoms with E-state index in [2.05, 4.69) is 5.32 Å². The van der Waals surface area contributed by atoms with Crippen LogP contribution in [0.25, 0.3) is 0 Å². The summed E-state index contributed by atoms with van der Waals surface area (Å²) in [5.41, 5.74) is 0.916. The van der Waals surface area contributed by atoms with Gasteiger partial charge in [-0.05, 0) is 25.0 Å². The summed E-state index contributed by atoms with van der Waals surface area (Å²) in [4.78, 5) is 13.9. The maximum Gasteiger partial charge on any atom is 0.234 e. The van der Waals surface area contributed by atoms with Gasteiger partial charge in [-0.25, -0.2) is 0 Å². The summed E-state index contributed by atoms with van der Waals surface area (Å²) in [5.74, 6) is -0.0403. The van der Waals surface area contributed by atoms with Crippen LogP contribution in [-0.2, 0) is 4.79 Å². The van der Waals surface area contributed by atoms with Gasteiger partial charge in [0.15, 0.2) is 0 Å². The Kier molecular flexibility index (Phi) is 4.80. The number of hydrogen-bond acceptors (Lipinski definition) is 3. The fourth-order valence-electron chi connectivity index (χ4n) is 2.35. The van der Waals surface area contributed by atoms with E-state index in [1.807, 2.05) is 36.1 Å². The van der Waals surface area contributed by atoms with Crippen LogP contribution in [0.1, 0.15) is 24.9 Å². The number of aliphatic hydroxyl groups excluding tert-OH is 1. The molecule has 0 aromatic heterocycles.